The second-order valence-corrected chi connectivity index (χ2v) is 8.33. The summed E-state index contributed by atoms with van der Waals surface area (Å²) in [4.78, 5) is 42.6. The lowest BCUT2D eigenvalue weighted by molar-refractivity contribution is 0.0690. The highest BCUT2D eigenvalue weighted by Crippen LogP contribution is 2.30. The van der Waals surface area contributed by atoms with E-state index in [-0.39, 0.29) is 22.6 Å². The summed E-state index contributed by atoms with van der Waals surface area (Å²) in [6, 6.07) is 11.8. The topological polar surface area (TPSA) is 124 Å². The van der Waals surface area contributed by atoms with E-state index in [9.17, 15) is 19.5 Å². The number of aromatic carboxylic acids is 1. The lowest BCUT2D eigenvalue weighted by Gasteiger charge is -2.11. The molecule has 0 saturated heterocycles. The average Bonchev–Trinajstić information content (AvgIpc) is 3.50. The van der Waals surface area contributed by atoms with Gasteiger partial charge in [0.1, 0.15) is 11.3 Å². The Morgan fingerprint density at radius 3 is 2.61 bits per heavy atom. The molecule has 5 rings (SSSR count). The summed E-state index contributed by atoms with van der Waals surface area (Å²) in [5.41, 5.74) is 1.61. The van der Waals surface area contributed by atoms with Crippen molar-refractivity contribution in [2.45, 2.75) is 33.4 Å². The Balaban J connectivity index is 1.76. The number of anilines is 1. The van der Waals surface area contributed by atoms with Crippen LogP contribution in [0.3, 0.4) is 0 Å². The van der Waals surface area contributed by atoms with E-state index in [1.165, 1.54) is 18.2 Å². The number of benzene rings is 1. The number of fused-ring (bicyclic) bond motifs is 3. The minimum absolute atomic E-state index is 0.0998. The number of carboxylic acids is 1. The molecule has 0 fully saturated rings. The molecule has 5 aromatic rings. The van der Waals surface area contributed by atoms with Crippen LogP contribution >= 0.6 is 0 Å². The van der Waals surface area contributed by atoms with E-state index in [2.05, 4.69) is 15.4 Å². The third kappa shape index (κ3) is 3.82. The number of aromatic nitrogens is 5. The number of nitrogens with one attached hydrogen (secondary N) is 1. The van der Waals surface area contributed by atoms with Gasteiger partial charge in [-0.3, -0.25) is 14.3 Å². The van der Waals surface area contributed by atoms with Gasteiger partial charge in [-0.2, -0.15) is 5.10 Å². The molecule has 4 heterocycles. The maximum Gasteiger partial charge on any atom is 0.354 e. The van der Waals surface area contributed by atoms with Crippen molar-refractivity contribution in [2.24, 2.45) is 0 Å². The Bertz CT molecular complexity index is 1690. The number of carbonyl (C=O) groups is 2. The normalized spacial score (nSPS) is 11.3. The first-order valence-electron chi connectivity index (χ1n) is 11.6. The minimum atomic E-state index is -1.20. The molecule has 0 radical (unpaired) electrons. The van der Waals surface area contributed by atoms with Crippen LogP contribution in [-0.2, 0) is 13.1 Å². The maximum absolute atomic E-state index is 13.7. The van der Waals surface area contributed by atoms with E-state index in [1.807, 2.05) is 44.3 Å². The largest absolute Gasteiger partial charge is 0.477 e. The predicted octanol–water partition coefficient (Wildman–Crippen LogP) is 3.92. The molecule has 0 saturated carbocycles. The molecule has 182 valence electrons. The second kappa shape index (κ2) is 9.14. The summed E-state index contributed by atoms with van der Waals surface area (Å²) in [5.74, 6) is -1.60. The quantitative estimate of drug-likeness (QED) is 0.361. The lowest BCUT2D eigenvalue weighted by Crippen LogP contribution is -2.21. The zero-order chi connectivity index (χ0) is 25.4. The van der Waals surface area contributed by atoms with Gasteiger partial charge in [-0.05, 0) is 31.5 Å². The highest BCUT2D eigenvalue weighted by molar-refractivity contribution is 6.20. The molecule has 0 atom stereocenters. The predicted molar refractivity (Wildman–Crippen MR) is 136 cm³/mol. The van der Waals surface area contributed by atoms with Gasteiger partial charge in [0, 0.05) is 36.3 Å². The number of amides is 1. The van der Waals surface area contributed by atoms with Gasteiger partial charge in [-0.1, -0.05) is 31.2 Å². The number of carboxylic acid groups (broad SMARTS) is 1. The highest BCUT2D eigenvalue weighted by atomic mass is 16.4. The third-order valence-corrected chi connectivity index (χ3v) is 6.04. The summed E-state index contributed by atoms with van der Waals surface area (Å²) in [7, 11) is 0. The van der Waals surface area contributed by atoms with Gasteiger partial charge in [0.25, 0.3) is 11.5 Å². The molecular weight excluding hydrogens is 460 g/mol. The van der Waals surface area contributed by atoms with Crippen LogP contribution in [0.4, 0.5) is 5.82 Å². The third-order valence-electron chi connectivity index (χ3n) is 6.04. The van der Waals surface area contributed by atoms with Gasteiger partial charge in [-0.15, -0.1) is 0 Å². The van der Waals surface area contributed by atoms with Gasteiger partial charge in [-0.25, -0.2) is 9.78 Å². The molecule has 0 bridgehead atoms. The fraction of sp³-hybridized carbons (Fsp3) is 0.192. The monoisotopic (exact) mass is 484 g/mol. The number of para-hydroxylation sites is 1. The molecule has 0 aliphatic carbocycles. The van der Waals surface area contributed by atoms with Crippen LogP contribution in [0.15, 0.2) is 65.8 Å². The second-order valence-electron chi connectivity index (χ2n) is 8.33. The Labute approximate surface area is 205 Å². The smallest absolute Gasteiger partial charge is 0.354 e. The van der Waals surface area contributed by atoms with Crippen molar-refractivity contribution in [1.82, 2.24) is 23.9 Å². The fourth-order valence-corrected chi connectivity index (χ4v) is 4.47. The van der Waals surface area contributed by atoms with Crippen molar-refractivity contribution in [3.8, 4) is 5.69 Å². The van der Waals surface area contributed by atoms with Crippen LogP contribution in [0, 0.1) is 0 Å². The molecule has 10 nitrogen and oxygen atoms in total. The zero-order valence-electron chi connectivity index (χ0n) is 19.8. The molecule has 4 aromatic heterocycles. The SMILES string of the molecule is CCCn1cc(-n2cc(C(=O)Nc3cccc(C(=O)O)n3)c3c4ccccc4n(CC)c(=O)c32)cn1. The van der Waals surface area contributed by atoms with Crippen molar-refractivity contribution < 1.29 is 14.7 Å². The van der Waals surface area contributed by atoms with E-state index in [0.717, 1.165) is 23.9 Å². The summed E-state index contributed by atoms with van der Waals surface area (Å²) >= 11 is 0. The van der Waals surface area contributed by atoms with Crippen molar-refractivity contribution in [2.75, 3.05) is 5.32 Å². The van der Waals surface area contributed by atoms with Gasteiger partial charge in [0.05, 0.1) is 23.0 Å². The highest BCUT2D eigenvalue weighted by Gasteiger charge is 2.23. The fourth-order valence-electron chi connectivity index (χ4n) is 4.47. The number of hydrogen-bond donors (Lipinski definition) is 2. The molecule has 2 N–H and O–H groups in total. The minimum Gasteiger partial charge on any atom is -0.477 e. The molecule has 0 unspecified atom stereocenters. The van der Waals surface area contributed by atoms with Gasteiger partial charge in [0.2, 0.25) is 0 Å². The molecular formula is C26H24N6O4. The first-order valence-corrected chi connectivity index (χ1v) is 11.6. The molecule has 1 amide bonds. The molecule has 0 spiro atoms. The summed E-state index contributed by atoms with van der Waals surface area (Å²) in [5, 5.41) is 17.6. The zero-order valence-corrected chi connectivity index (χ0v) is 19.8. The van der Waals surface area contributed by atoms with Crippen LogP contribution in [0.5, 0.6) is 0 Å². The van der Waals surface area contributed by atoms with Crippen LogP contribution in [0.25, 0.3) is 27.5 Å². The number of nitrogens with zero attached hydrogens (tertiary/aromatic N) is 5. The first kappa shape index (κ1) is 23.0. The number of aryl methyl sites for hydroxylation is 2. The van der Waals surface area contributed by atoms with Crippen molar-refractivity contribution in [3.05, 3.63) is 82.7 Å². The van der Waals surface area contributed by atoms with E-state index in [4.69, 9.17) is 0 Å². The maximum atomic E-state index is 13.7. The summed E-state index contributed by atoms with van der Waals surface area (Å²) < 4.78 is 5.18. The first-order chi connectivity index (χ1) is 17.4. The summed E-state index contributed by atoms with van der Waals surface area (Å²) in [6.07, 6.45) is 6.03. The number of carbonyl (C=O) groups excluding carboxylic acids is 1. The molecule has 10 heteroatoms. The van der Waals surface area contributed by atoms with Gasteiger partial charge >= 0.3 is 5.97 Å². The number of rotatable bonds is 7. The Morgan fingerprint density at radius 1 is 1.06 bits per heavy atom. The van der Waals surface area contributed by atoms with Crippen molar-refractivity contribution in [3.63, 3.8) is 0 Å². The average molecular weight is 485 g/mol. The number of pyridine rings is 2. The van der Waals surface area contributed by atoms with Gasteiger partial charge < -0.3 is 19.6 Å². The van der Waals surface area contributed by atoms with Crippen molar-refractivity contribution in [1.29, 1.82) is 0 Å². The molecule has 0 aliphatic heterocycles. The number of hydrogen-bond acceptors (Lipinski definition) is 5. The van der Waals surface area contributed by atoms with Crippen LogP contribution < -0.4 is 10.9 Å². The van der Waals surface area contributed by atoms with E-state index in [0.29, 0.717) is 23.1 Å². The van der Waals surface area contributed by atoms with E-state index >= 15 is 0 Å². The lowest BCUT2D eigenvalue weighted by atomic mass is 10.1. The molecule has 0 aliphatic rings. The van der Waals surface area contributed by atoms with Crippen LogP contribution in [0.1, 0.15) is 41.1 Å². The van der Waals surface area contributed by atoms with Crippen molar-refractivity contribution >= 4 is 39.5 Å². The van der Waals surface area contributed by atoms with E-state index < -0.39 is 11.9 Å². The van der Waals surface area contributed by atoms with E-state index in [1.54, 1.807) is 26.2 Å². The Hall–Kier alpha value is -4.73. The standard InChI is InChI=1S/C26H24N6O4/c1-3-12-30-14-16(13-27-30)32-15-18(24(33)29-21-11-7-9-19(28-21)26(35)36)22-17-8-5-6-10-20(17)31(4-2)25(34)23(22)32/h5-11,13-15H,3-4,12H2,1-2H3,(H,35,36)(H,28,29,33). The van der Waals surface area contributed by atoms with Crippen LogP contribution in [0.2, 0.25) is 0 Å². The summed E-state index contributed by atoms with van der Waals surface area (Å²) in [6.45, 7) is 5.14. The Kier molecular flexibility index (Phi) is 5.85. The Morgan fingerprint density at radius 2 is 1.86 bits per heavy atom. The van der Waals surface area contributed by atoms with Gasteiger partial charge in [0.15, 0.2) is 5.69 Å². The van der Waals surface area contributed by atoms with Crippen LogP contribution in [-0.4, -0.2) is 40.9 Å². The molecule has 36 heavy (non-hydrogen) atoms. The molecule has 1 aromatic carbocycles.